The SMILES string of the molecule is CCC1CC1NC(=O)N[C@H](C(=O)O)[C@@H](C)O. The molecule has 0 bridgehead atoms. The molecule has 6 heteroatoms. The zero-order chi connectivity index (χ0) is 12.3. The van der Waals surface area contributed by atoms with E-state index in [2.05, 4.69) is 10.6 Å². The van der Waals surface area contributed by atoms with Crippen LogP contribution in [0.25, 0.3) is 0 Å². The van der Waals surface area contributed by atoms with Crippen molar-refractivity contribution in [2.24, 2.45) is 5.92 Å². The molecule has 4 N–H and O–H groups in total. The van der Waals surface area contributed by atoms with Gasteiger partial charge in [-0.05, 0) is 19.3 Å². The van der Waals surface area contributed by atoms with Crippen molar-refractivity contribution in [1.82, 2.24) is 10.6 Å². The molecule has 0 radical (unpaired) electrons. The molecule has 1 saturated carbocycles. The molecule has 1 aliphatic carbocycles. The van der Waals surface area contributed by atoms with Crippen molar-refractivity contribution in [3.8, 4) is 0 Å². The molecule has 1 rings (SSSR count). The molecule has 1 fully saturated rings. The second kappa shape index (κ2) is 5.16. The largest absolute Gasteiger partial charge is 0.480 e. The molecule has 92 valence electrons. The third kappa shape index (κ3) is 3.37. The fourth-order valence-corrected chi connectivity index (χ4v) is 1.62. The van der Waals surface area contributed by atoms with Crippen molar-refractivity contribution in [2.45, 2.75) is 44.9 Å². The molecule has 0 saturated heterocycles. The van der Waals surface area contributed by atoms with Crippen molar-refractivity contribution < 1.29 is 19.8 Å². The van der Waals surface area contributed by atoms with Crippen molar-refractivity contribution >= 4 is 12.0 Å². The molecule has 0 aromatic carbocycles. The molecule has 2 unspecified atom stereocenters. The van der Waals surface area contributed by atoms with E-state index in [0.29, 0.717) is 5.92 Å². The standard InChI is InChI=1S/C10H18N2O4/c1-3-6-4-7(6)11-10(16)12-8(5(2)13)9(14)15/h5-8,13H,3-4H2,1-2H3,(H,14,15)(H2,11,12,16)/t5-,6?,7?,8+/m1/s1. The quantitative estimate of drug-likeness (QED) is 0.531. The molecule has 1 aliphatic rings. The van der Waals surface area contributed by atoms with Crippen LogP contribution in [0.2, 0.25) is 0 Å². The zero-order valence-electron chi connectivity index (χ0n) is 9.43. The van der Waals surface area contributed by atoms with Crippen LogP contribution in [0.5, 0.6) is 0 Å². The Bertz CT molecular complexity index is 280. The van der Waals surface area contributed by atoms with Gasteiger partial charge in [0.05, 0.1) is 6.10 Å². The van der Waals surface area contributed by atoms with Crippen molar-refractivity contribution in [2.75, 3.05) is 0 Å². The third-order valence-electron chi connectivity index (χ3n) is 2.80. The minimum Gasteiger partial charge on any atom is -0.480 e. The maximum Gasteiger partial charge on any atom is 0.328 e. The fourth-order valence-electron chi connectivity index (χ4n) is 1.62. The number of aliphatic carboxylic acids is 1. The van der Waals surface area contributed by atoms with Crippen LogP contribution in [-0.2, 0) is 4.79 Å². The highest BCUT2D eigenvalue weighted by Crippen LogP contribution is 2.32. The Labute approximate surface area is 94.0 Å². The molecule has 16 heavy (non-hydrogen) atoms. The summed E-state index contributed by atoms with van der Waals surface area (Å²) in [6.45, 7) is 3.37. The van der Waals surface area contributed by atoms with E-state index in [-0.39, 0.29) is 6.04 Å². The van der Waals surface area contributed by atoms with Crippen LogP contribution in [-0.4, -0.2) is 40.4 Å². The number of carboxylic acid groups (broad SMARTS) is 1. The molecule has 0 spiro atoms. The van der Waals surface area contributed by atoms with Crippen LogP contribution in [0.4, 0.5) is 4.79 Å². The number of carbonyl (C=O) groups excluding carboxylic acids is 1. The Balaban J connectivity index is 2.35. The van der Waals surface area contributed by atoms with Gasteiger partial charge in [-0.2, -0.15) is 0 Å². The van der Waals surface area contributed by atoms with Gasteiger partial charge in [0.2, 0.25) is 0 Å². The highest BCUT2D eigenvalue weighted by atomic mass is 16.4. The predicted octanol–water partition coefficient (Wildman–Crippen LogP) is -0.0819. The number of urea groups is 1. The summed E-state index contributed by atoms with van der Waals surface area (Å²) in [5, 5.41) is 22.8. The number of hydrogen-bond donors (Lipinski definition) is 4. The maximum absolute atomic E-state index is 11.4. The molecular formula is C10H18N2O4. The van der Waals surface area contributed by atoms with Gasteiger partial charge in [-0.3, -0.25) is 0 Å². The van der Waals surface area contributed by atoms with Gasteiger partial charge < -0.3 is 20.8 Å². The van der Waals surface area contributed by atoms with E-state index in [0.717, 1.165) is 12.8 Å². The van der Waals surface area contributed by atoms with Crippen molar-refractivity contribution in [3.05, 3.63) is 0 Å². The van der Waals surface area contributed by atoms with E-state index < -0.39 is 24.1 Å². The summed E-state index contributed by atoms with van der Waals surface area (Å²) in [5.74, 6) is -0.742. The molecule has 4 atom stereocenters. The second-order valence-electron chi connectivity index (χ2n) is 4.18. The molecule has 0 aliphatic heterocycles. The van der Waals surface area contributed by atoms with E-state index in [1.54, 1.807) is 0 Å². The van der Waals surface area contributed by atoms with Gasteiger partial charge in [0.15, 0.2) is 6.04 Å². The maximum atomic E-state index is 11.4. The summed E-state index contributed by atoms with van der Waals surface area (Å²) in [7, 11) is 0. The Morgan fingerprint density at radius 1 is 1.50 bits per heavy atom. The van der Waals surface area contributed by atoms with Gasteiger partial charge in [0.1, 0.15) is 0 Å². The molecule has 0 aromatic heterocycles. The van der Waals surface area contributed by atoms with Crippen LogP contribution in [0.3, 0.4) is 0 Å². The second-order valence-corrected chi connectivity index (χ2v) is 4.18. The number of carboxylic acids is 1. The fraction of sp³-hybridized carbons (Fsp3) is 0.800. The van der Waals surface area contributed by atoms with E-state index in [4.69, 9.17) is 10.2 Å². The number of amides is 2. The van der Waals surface area contributed by atoms with Crippen molar-refractivity contribution in [1.29, 1.82) is 0 Å². The van der Waals surface area contributed by atoms with Gasteiger partial charge in [-0.25, -0.2) is 9.59 Å². The van der Waals surface area contributed by atoms with Crippen LogP contribution in [0.15, 0.2) is 0 Å². The number of rotatable bonds is 5. The summed E-state index contributed by atoms with van der Waals surface area (Å²) in [5.41, 5.74) is 0. The lowest BCUT2D eigenvalue weighted by Gasteiger charge is -2.17. The number of aliphatic hydroxyl groups excluding tert-OH is 1. The van der Waals surface area contributed by atoms with Gasteiger partial charge in [0.25, 0.3) is 0 Å². The zero-order valence-corrected chi connectivity index (χ0v) is 9.43. The Morgan fingerprint density at radius 3 is 2.50 bits per heavy atom. The first-order chi connectivity index (χ1) is 7.45. The number of carbonyl (C=O) groups is 2. The van der Waals surface area contributed by atoms with E-state index in [1.165, 1.54) is 6.92 Å². The summed E-state index contributed by atoms with van der Waals surface area (Å²) in [4.78, 5) is 22.1. The molecule has 0 aromatic rings. The number of nitrogens with one attached hydrogen (secondary N) is 2. The minimum absolute atomic E-state index is 0.147. The molecule has 0 heterocycles. The first-order valence-electron chi connectivity index (χ1n) is 5.43. The lowest BCUT2D eigenvalue weighted by molar-refractivity contribution is -0.141. The van der Waals surface area contributed by atoms with Crippen LogP contribution in [0, 0.1) is 5.92 Å². The molecule has 6 nitrogen and oxygen atoms in total. The monoisotopic (exact) mass is 230 g/mol. The smallest absolute Gasteiger partial charge is 0.328 e. The van der Waals surface area contributed by atoms with Crippen LogP contribution in [0.1, 0.15) is 26.7 Å². The van der Waals surface area contributed by atoms with Gasteiger partial charge >= 0.3 is 12.0 Å². The van der Waals surface area contributed by atoms with E-state index in [1.807, 2.05) is 6.92 Å². The number of hydrogen-bond acceptors (Lipinski definition) is 3. The van der Waals surface area contributed by atoms with Crippen LogP contribution < -0.4 is 10.6 Å². The summed E-state index contributed by atoms with van der Waals surface area (Å²) < 4.78 is 0. The topological polar surface area (TPSA) is 98.7 Å². The Hall–Kier alpha value is -1.30. The van der Waals surface area contributed by atoms with E-state index in [9.17, 15) is 9.59 Å². The van der Waals surface area contributed by atoms with Gasteiger partial charge in [0, 0.05) is 6.04 Å². The van der Waals surface area contributed by atoms with Crippen molar-refractivity contribution in [3.63, 3.8) is 0 Å². The Kier molecular flexibility index (Phi) is 4.12. The highest BCUT2D eigenvalue weighted by Gasteiger charge is 2.37. The normalized spacial score (nSPS) is 26.7. The predicted molar refractivity (Wildman–Crippen MR) is 57.0 cm³/mol. The Morgan fingerprint density at radius 2 is 2.12 bits per heavy atom. The average Bonchev–Trinajstić information content (AvgIpc) is 2.91. The molecular weight excluding hydrogens is 212 g/mol. The minimum atomic E-state index is -1.26. The van der Waals surface area contributed by atoms with Gasteiger partial charge in [-0.1, -0.05) is 13.3 Å². The lowest BCUT2D eigenvalue weighted by atomic mass is 10.2. The number of aliphatic hydroxyl groups is 1. The van der Waals surface area contributed by atoms with Gasteiger partial charge in [-0.15, -0.1) is 0 Å². The lowest BCUT2D eigenvalue weighted by Crippen LogP contribution is -2.51. The first-order valence-corrected chi connectivity index (χ1v) is 5.43. The summed E-state index contributed by atoms with van der Waals surface area (Å²) in [6.07, 6.45) is 0.824. The third-order valence-corrected chi connectivity index (χ3v) is 2.80. The molecule has 2 amide bonds. The van der Waals surface area contributed by atoms with E-state index >= 15 is 0 Å². The first kappa shape index (κ1) is 12.8. The summed E-state index contributed by atoms with van der Waals surface area (Å²) in [6, 6.07) is -1.65. The average molecular weight is 230 g/mol. The summed E-state index contributed by atoms with van der Waals surface area (Å²) >= 11 is 0. The van der Waals surface area contributed by atoms with Crippen LogP contribution >= 0.6 is 0 Å². The highest BCUT2D eigenvalue weighted by molar-refractivity contribution is 5.83.